The third kappa shape index (κ3) is 2.98. The summed E-state index contributed by atoms with van der Waals surface area (Å²) in [5.41, 5.74) is 2.94. The van der Waals surface area contributed by atoms with Crippen molar-refractivity contribution in [1.29, 1.82) is 0 Å². The van der Waals surface area contributed by atoms with E-state index in [0.717, 1.165) is 11.0 Å². The second-order valence-electron chi connectivity index (χ2n) is 5.19. The lowest BCUT2D eigenvalue weighted by atomic mass is 10.2. The normalized spacial score (nSPS) is 10.8. The molecule has 0 aliphatic carbocycles. The Bertz CT molecular complexity index is 826. The first kappa shape index (κ1) is 14.3. The Balaban J connectivity index is 1.63. The molecule has 1 heterocycles. The van der Waals surface area contributed by atoms with Gasteiger partial charge in [-0.15, -0.1) is 0 Å². The van der Waals surface area contributed by atoms with Gasteiger partial charge in [0.2, 0.25) is 5.91 Å². The van der Waals surface area contributed by atoms with E-state index in [4.69, 9.17) is 0 Å². The molecule has 0 spiro atoms. The Morgan fingerprint density at radius 3 is 2.91 bits per heavy atom. The van der Waals surface area contributed by atoms with Gasteiger partial charge in [0.15, 0.2) is 0 Å². The van der Waals surface area contributed by atoms with Crippen LogP contribution in [-0.2, 0) is 11.3 Å². The minimum atomic E-state index is -0.321. The first-order valence-corrected chi connectivity index (χ1v) is 7.09. The van der Waals surface area contributed by atoms with E-state index in [2.05, 4.69) is 10.3 Å². The average molecular weight is 297 g/mol. The lowest BCUT2D eigenvalue weighted by Gasteiger charge is -2.07. The fourth-order valence-electron chi connectivity index (χ4n) is 2.30. The van der Waals surface area contributed by atoms with E-state index >= 15 is 0 Å². The fourth-order valence-corrected chi connectivity index (χ4v) is 2.30. The predicted molar refractivity (Wildman–Crippen MR) is 84.1 cm³/mol. The van der Waals surface area contributed by atoms with Crippen molar-refractivity contribution in [2.75, 3.05) is 5.32 Å². The molecule has 4 nitrogen and oxygen atoms in total. The van der Waals surface area contributed by atoms with Crippen LogP contribution in [0.1, 0.15) is 12.0 Å². The molecule has 1 aromatic heterocycles. The number of hydrogen-bond acceptors (Lipinski definition) is 2. The molecule has 5 heteroatoms. The van der Waals surface area contributed by atoms with Gasteiger partial charge < -0.3 is 9.88 Å². The second kappa shape index (κ2) is 5.97. The van der Waals surface area contributed by atoms with Crippen molar-refractivity contribution in [3.8, 4) is 0 Å². The molecule has 0 bridgehead atoms. The van der Waals surface area contributed by atoms with Crippen LogP contribution < -0.4 is 5.32 Å². The number of aryl methyl sites for hydroxylation is 2. The number of benzene rings is 2. The van der Waals surface area contributed by atoms with Gasteiger partial charge in [0.1, 0.15) is 5.82 Å². The topological polar surface area (TPSA) is 46.9 Å². The van der Waals surface area contributed by atoms with E-state index in [1.54, 1.807) is 25.4 Å². The van der Waals surface area contributed by atoms with Crippen molar-refractivity contribution in [3.05, 3.63) is 60.2 Å². The van der Waals surface area contributed by atoms with Crippen LogP contribution in [0.25, 0.3) is 11.0 Å². The third-order valence-corrected chi connectivity index (χ3v) is 3.56. The maximum Gasteiger partial charge on any atom is 0.226 e. The fraction of sp³-hybridized carbons (Fsp3) is 0.176. The molecule has 0 fully saturated rings. The summed E-state index contributed by atoms with van der Waals surface area (Å²) in [6.07, 6.45) is 2.03. The van der Waals surface area contributed by atoms with Gasteiger partial charge in [-0.1, -0.05) is 18.2 Å². The van der Waals surface area contributed by atoms with Crippen molar-refractivity contribution in [2.45, 2.75) is 19.9 Å². The summed E-state index contributed by atoms with van der Waals surface area (Å²) in [4.78, 5) is 16.3. The average Bonchev–Trinajstić information content (AvgIpc) is 2.92. The van der Waals surface area contributed by atoms with Crippen molar-refractivity contribution < 1.29 is 9.18 Å². The van der Waals surface area contributed by atoms with Crippen LogP contribution in [0, 0.1) is 12.7 Å². The second-order valence-corrected chi connectivity index (χ2v) is 5.19. The first-order valence-electron chi connectivity index (χ1n) is 7.09. The molecule has 2 aromatic carbocycles. The summed E-state index contributed by atoms with van der Waals surface area (Å²) in [6.45, 7) is 2.21. The smallest absolute Gasteiger partial charge is 0.226 e. The summed E-state index contributed by atoms with van der Waals surface area (Å²) in [7, 11) is 0. The van der Waals surface area contributed by atoms with Crippen LogP contribution in [0.3, 0.4) is 0 Å². The SMILES string of the molecule is Cc1ccc(NC(=O)CCn2cnc3ccccc32)cc1F. The number of carbonyl (C=O) groups excluding carboxylic acids is 1. The van der Waals surface area contributed by atoms with Crippen molar-refractivity contribution in [1.82, 2.24) is 9.55 Å². The summed E-state index contributed by atoms with van der Waals surface area (Å²) >= 11 is 0. The Morgan fingerprint density at radius 1 is 1.27 bits per heavy atom. The molecule has 0 radical (unpaired) electrons. The Labute approximate surface area is 127 Å². The van der Waals surface area contributed by atoms with E-state index in [1.165, 1.54) is 6.07 Å². The lowest BCUT2D eigenvalue weighted by Crippen LogP contribution is -2.14. The molecule has 0 saturated carbocycles. The number of fused-ring (bicyclic) bond motifs is 1. The molecule has 0 atom stereocenters. The summed E-state index contributed by atoms with van der Waals surface area (Å²) in [6, 6.07) is 12.4. The largest absolute Gasteiger partial charge is 0.330 e. The lowest BCUT2D eigenvalue weighted by molar-refractivity contribution is -0.116. The molecule has 112 valence electrons. The summed E-state index contributed by atoms with van der Waals surface area (Å²) in [5.74, 6) is -0.473. The zero-order valence-corrected chi connectivity index (χ0v) is 12.2. The highest BCUT2D eigenvalue weighted by atomic mass is 19.1. The van der Waals surface area contributed by atoms with Crippen LogP contribution in [0.2, 0.25) is 0 Å². The van der Waals surface area contributed by atoms with Crippen LogP contribution in [0.4, 0.5) is 10.1 Å². The minimum Gasteiger partial charge on any atom is -0.330 e. The highest BCUT2D eigenvalue weighted by Gasteiger charge is 2.07. The molecule has 3 aromatic rings. The highest BCUT2D eigenvalue weighted by Crippen LogP contribution is 2.15. The number of carbonyl (C=O) groups is 1. The number of anilines is 1. The third-order valence-electron chi connectivity index (χ3n) is 3.56. The van der Waals surface area contributed by atoms with Crippen LogP contribution in [0.15, 0.2) is 48.8 Å². The molecular formula is C17H16FN3O. The molecule has 1 amide bonds. The quantitative estimate of drug-likeness (QED) is 0.801. The van der Waals surface area contributed by atoms with Crippen molar-refractivity contribution >= 4 is 22.6 Å². The number of nitrogens with one attached hydrogen (secondary N) is 1. The van der Waals surface area contributed by atoms with Gasteiger partial charge in [0.05, 0.1) is 17.4 Å². The van der Waals surface area contributed by atoms with E-state index in [1.807, 2.05) is 28.8 Å². The van der Waals surface area contributed by atoms with Gasteiger partial charge in [0, 0.05) is 18.7 Å². The molecule has 0 unspecified atom stereocenters. The predicted octanol–water partition coefficient (Wildman–Crippen LogP) is 3.51. The van der Waals surface area contributed by atoms with Crippen molar-refractivity contribution in [2.24, 2.45) is 0 Å². The van der Waals surface area contributed by atoms with Gasteiger partial charge in [-0.3, -0.25) is 4.79 Å². The van der Waals surface area contributed by atoms with Gasteiger partial charge in [-0.05, 0) is 36.8 Å². The minimum absolute atomic E-state index is 0.152. The molecule has 3 rings (SSSR count). The van der Waals surface area contributed by atoms with E-state index < -0.39 is 0 Å². The Hall–Kier alpha value is -2.69. The number of imidazole rings is 1. The monoisotopic (exact) mass is 297 g/mol. The van der Waals surface area contributed by atoms with Crippen LogP contribution >= 0.6 is 0 Å². The first-order chi connectivity index (χ1) is 10.6. The van der Waals surface area contributed by atoms with Gasteiger partial charge in [-0.2, -0.15) is 0 Å². The van der Waals surface area contributed by atoms with Crippen LogP contribution in [0.5, 0.6) is 0 Å². The van der Waals surface area contributed by atoms with Gasteiger partial charge in [-0.25, -0.2) is 9.37 Å². The maximum absolute atomic E-state index is 13.4. The zero-order chi connectivity index (χ0) is 15.5. The number of hydrogen-bond donors (Lipinski definition) is 1. The Kier molecular flexibility index (Phi) is 3.87. The number of halogens is 1. The number of para-hydroxylation sites is 2. The van der Waals surface area contributed by atoms with Gasteiger partial charge >= 0.3 is 0 Å². The standard InChI is InChI=1S/C17H16FN3O/c1-12-6-7-13(10-14(12)18)20-17(22)8-9-21-11-19-15-4-2-3-5-16(15)21/h2-7,10-11H,8-9H2,1H3,(H,20,22). The number of rotatable bonds is 4. The zero-order valence-electron chi connectivity index (χ0n) is 12.2. The Morgan fingerprint density at radius 2 is 2.09 bits per heavy atom. The number of nitrogens with zero attached hydrogens (tertiary/aromatic N) is 2. The van der Waals surface area contributed by atoms with Crippen LogP contribution in [-0.4, -0.2) is 15.5 Å². The molecule has 1 N–H and O–H groups in total. The number of aromatic nitrogens is 2. The van der Waals surface area contributed by atoms with E-state index in [0.29, 0.717) is 24.2 Å². The highest BCUT2D eigenvalue weighted by molar-refractivity contribution is 5.90. The summed E-state index contributed by atoms with van der Waals surface area (Å²) in [5, 5.41) is 2.71. The van der Waals surface area contributed by atoms with Crippen molar-refractivity contribution in [3.63, 3.8) is 0 Å². The maximum atomic E-state index is 13.4. The molecule has 0 aliphatic heterocycles. The molecular weight excluding hydrogens is 281 g/mol. The van der Waals surface area contributed by atoms with E-state index in [9.17, 15) is 9.18 Å². The molecule has 22 heavy (non-hydrogen) atoms. The molecule has 0 saturated heterocycles. The number of amides is 1. The van der Waals surface area contributed by atoms with Gasteiger partial charge in [0.25, 0.3) is 0 Å². The summed E-state index contributed by atoms with van der Waals surface area (Å²) < 4.78 is 15.4. The molecule has 0 aliphatic rings. The van der Waals surface area contributed by atoms with E-state index in [-0.39, 0.29) is 11.7 Å².